The molecule has 1 saturated heterocycles. The first kappa shape index (κ1) is 25.9. The van der Waals surface area contributed by atoms with Gasteiger partial charge >= 0.3 is 0 Å². The number of amides is 1. The fraction of sp³-hybridized carbons (Fsp3) is 0.308. The number of nitrogens with one attached hydrogen (secondary N) is 2. The molecule has 2 heterocycles. The molecule has 10 heteroatoms. The van der Waals surface area contributed by atoms with Gasteiger partial charge in [0.05, 0.1) is 29.4 Å². The molecule has 4 rings (SSSR count). The van der Waals surface area contributed by atoms with Crippen molar-refractivity contribution < 1.29 is 14.6 Å². The van der Waals surface area contributed by atoms with Crippen LogP contribution in [-0.4, -0.2) is 62.7 Å². The highest BCUT2D eigenvalue weighted by molar-refractivity contribution is 7.92. The zero-order chi connectivity index (χ0) is 25.5. The molecular weight excluding hydrogens is 498 g/mol. The Morgan fingerprint density at radius 1 is 1.03 bits per heavy atom. The molecule has 0 radical (unpaired) electrons. The maximum absolute atomic E-state index is 13.6. The van der Waals surface area contributed by atoms with Crippen molar-refractivity contribution in [3.8, 4) is 0 Å². The van der Waals surface area contributed by atoms with Crippen LogP contribution in [0.3, 0.4) is 0 Å². The van der Waals surface area contributed by atoms with Gasteiger partial charge in [-0.05, 0) is 48.4 Å². The minimum atomic E-state index is -3.40. The fourth-order valence-electron chi connectivity index (χ4n) is 4.26. The van der Waals surface area contributed by atoms with Gasteiger partial charge in [0, 0.05) is 45.4 Å². The molecule has 36 heavy (non-hydrogen) atoms. The number of piperazine rings is 1. The van der Waals surface area contributed by atoms with E-state index in [1.54, 1.807) is 18.3 Å². The van der Waals surface area contributed by atoms with Crippen LogP contribution in [0.1, 0.15) is 12.7 Å². The molecule has 1 atom stereocenters. The van der Waals surface area contributed by atoms with E-state index in [1.165, 1.54) is 0 Å². The first-order valence-electron chi connectivity index (χ1n) is 11.8. The summed E-state index contributed by atoms with van der Waals surface area (Å²) in [6.07, 6.45) is 3.41. The van der Waals surface area contributed by atoms with Crippen LogP contribution < -0.4 is 14.9 Å². The molecule has 8 nitrogen and oxygen atoms in total. The molecule has 0 bridgehead atoms. The number of aromatic nitrogens is 1. The summed E-state index contributed by atoms with van der Waals surface area (Å²) in [5, 5.41) is 4.05. The monoisotopic (exact) mass is 529 g/mol. The number of benzene rings is 2. The summed E-state index contributed by atoms with van der Waals surface area (Å²) in [6.45, 7) is 2.75. The van der Waals surface area contributed by atoms with Gasteiger partial charge in [-0.25, -0.2) is 8.42 Å². The van der Waals surface area contributed by atoms with Crippen LogP contribution in [0, 0.1) is 0 Å². The largest absolute Gasteiger partial charge is 0.366 e. The van der Waals surface area contributed by atoms with E-state index in [0.29, 0.717) is 49.9 Å². The minimum absolute atomic E-state index is 0. The van der Waals surface area contributed by atoms with Gasteiger partial charge in [0.2, 0.25) is 15.9 Å². The number of anilines is 2. The summed E-state index contributed by atoms with van der Waals surface area (Å²) in [5.41, 5.74) is 3.23. The molecule has 192 valence electrons. The van der Waals surface area contributed by atoms with Gasteiger partial charge in [0.25, 0.3) is 0 Å². The molecule has 3 aromatic rings. The van der Waals surface area contributed by atoms with Gasteiger partial charge < -0.3 is 9.80 Å². The number of para-hydroxylation sites is 2. The molecule has 1 amide bonds. The number of hydrogen-bond donors (Lipinski definition) is 2. The number of pyridine rings is 1. The summed E-state index contributed by atoms with van der Waals surface area (Å²) in [4.78, 5) is 21.9. The molecule has 1 aromatic heterocycles. The quantitative estimate of drug-likeness (QED) is 0.441. The third kappa shape index (κ3) is 7.19. The first-order valence-corrected chi connectivity index (χ1v) is 14.0. The van der Waals surface area contributed by atoms with E-state index in [1.807, 2.05) is 59.5 Å². The smallest absolute Gasteiger partial charge is 0.240 e. The average molecular weight is 530 g/mol. The molecule has 2 aromatic carbocycles. The lowest BCUT2D eigenvalue weighted by Crippen LogP contribution is -2.54. The van der Waals surface area contributed by atoms with Crippen LogP contribution in [0.25, 0.3) is 0 Å². The van der Waals surface area contributed by atoms with Gasteiger partial charge in [0.1, 0.15) is 0 Å². The van der Waals surface area contributed by atoms with Crippen LogP contribution in [0.4, 0.5) is 11.4 Å². The standard InChI is InChI=1S/C26H30ClN5O3S.H2/c1-36(34,35)30-23-7-2-3-8-25(23)31-14-16-32(17-15-31)26(33)24(18-20-9-11-21(27)12-10-20)29-19-22-6-4-5-13-28-22;/h2-13,24,29-30H,14-19H2,1H3;1H/t24-;/m1./s1. The number of rotatable bonds is 9. The number of carbonyl (C=O) groups excluding carboxylic acids is 1. The van der Waals surface area contributed by atoms with Crippen molar-refractivity contribution in [2.75, 3.05) is 42.1 Å². The van der Waals surface area contributed by atoms with E-state index in [0.717, 1.165) is 23.2 Å². The third-order valence-electron chi connectivity index (χ3n) is 6.04. The van der Waals surface area contributed by atoms with Gasteiger partial charge in [-0.1, -0.05) is 41.9 Å². The van der Waals surface area contributed by atoms with Gasteiger partial charge in [-0.15, -0.1) is 0 Å². The van der Waals surface area contributed by atoms with Gasteiger partial charge in [0.15, 0.2) is 0 Å². The number of nitrogens with zero attached hydrogens (tertiary/aromatic N) is 3. The van der Waals surface area contributed by atoms with Crippen LogP contribution >= 0.6 is 11.6 Å². The summed E-state index contributed by atoms with van der Waals surface area (Å²) < 4.78 is 26.2. The Balaban J connectivity index is 0.00000380. The Hall–Kier alpha value is -3.14. The van der Waals surface area contributed by atoms with E-state index >= 15 is 0 Å². The predicted octanol–water partition coefficient (Wildman–Crippen LogP) is 3.40. The van der Waals surface area contributed by atoms with Crippen molar-refractivity contribution in [3.63, 3.8) is 0 Å². The van der Waals surface area contributed by atoms with Crippen molar-refractivity contribution >= 4 is 38.9 Å². The second-order valence-electron chi connectivity index (χ2n) is 8.79. The lowest BCUT2D eigenvalue weighted by atomic mass is 10.0. The SMILES string of the molecule is CS(=O)(=O)Nc1ccccc1N1CCN(C(=O)[C@@H](Cc2ccc(Cl)cc2)NCc2ccccn2)CC1.[HH]. The maximum atomic E-state index is 13.6. The van der Waals surface area contributed by atoms with E-state index in [4.69, 9.17) is 11.6 Å². The second kappa shape index (κ2) is 11.7. The topological polar surface area (TPSA) is 94.6 Å². The van der Waals surface area contributed by atoms with Gasteiger partial charge in [-0.2, -0.15) is 0 Å². The van der Waals surface area contributed by atoms with Crippen molar-refractivity contribution in [1.29, 1.82) is 0 Å². The summed E-state index contributed by atoms with van der Waals surface area (Å²) in [5.74, 6) is 0.0306. The second-order valence-corrected chi connectivity index (χ2v) is 11.0. The summed E-state index contributed by atoms with van der Waals surface area (Å²) >= 11 is 6.04. The van der Waals surface area contributed by atoms with Crippen molar-refractivity contribution in [1.82, 2.24) is 15.2 Å². The molecule has 2 N–H and O–H groups in total. The Morgan fingerprint density at radius 3 is 2.39 bits per heavy atom. The van der Waals surface area contributed by atoms with E-state index < -0.39 is 16.1 Å². The molecule has 1 aliphatic heterocycles. The van der Waals surface area contributed by atoms with E-state index in [-0.39, 0.29) is 7.33 Å². The lowest BCUT2D eigenvalue weighted by Gasteiger charge is -2.38. The average Bonchev–Trinajstić information content (AvgIpc) is 2.87. The molecule has 0 aliphatic carbocycles. The summed E-state index contributed by atoms with van der Waals surface area (Å²) in [7, 11) is -3.40. The zero-order valence-electron chi connectivity index (χ0n) is 20.1. The highest BCUT2D eigenvalue weighted by atomic mass is 35.5. The molecule has 1 aliphatic rings. The molecule has 0 spiro atoms. The van der Waals surface area contributed by atoms with E-state index in [9.17, 15) is 13.2 Å². The highest BCUT2D eigenvalue weighted by Gasteiger charge is 2.28. The predicted molar refractivity (Wildman–Crippen MR) is 146 cm³/mol. The van der Waals surface area contributed by atoms with Crippen molar-refractivity contribution in [3.05, 3.63) is 89.2 Å². The van der Waals surface area contributed by atoms with Gasteiger partial charge in [-0.3, -0.25) is 19.8 Å². The number of carbonyl (C=O) groups is 1. The number of hydrogen-bond acceptors (Lipinski definition) is 6. The Kier molecular flexibility index (Phi) is 8.45. The van der Waals surface area contributed by atoms with Crippen LogP contribution in [0.15, 0.2) is 72.9 Å². The third-order valence-corrected chi connectivity index (χ3v) is 6.88. The minimum Gasteiger partial charge on any atom is -0.366 e. The fourth-order valence-corrected chi connectivity index (χ4v) is 4.96. The van der Waals surface area contributed by atoms with Crippen LogP contribution in [0.5, 0.6) is 0 Å². The summed E-state index contributed by atoms with van der Waals surface area (Å²) in [6, 6.07) is 20.2. The normalized spacial score (nSPS) is 14.9. The molecule has 0 unspecified atom stereocenters. The highest BCUT2D eigenvalue weighted by Crippen LogP contribution is 2.27. The molecule has 1 fully saturated rings. The lowest BCUT2D eigenvalue weighted by molar-refractivity contribution is -0.133. The maximum Gasteiger partial charge on any atom is 0.240 e. The Labute approximate surface area is 218 Å². The Morgan fingerprint density at radius 2 is 1.72 bits per heavy atom. The Bertz CT molecular complexity index is 1270. The molecular formula is C26H32ClN5O3S. The van der Waals surface area contributed by atoms with Crippen LogP contribution in [0.2, 0.25) is 5.02 Å². The number of halogens is 1. The van der Waals surface area contributed by atoms with Crippen LogP contribution in [-0.2, 0) is 27.8 Å². The zero-order valence-corrected chi connectivity index (χ0v) is 21.7. The molecule has 0 saturated carbocycles. The van der Waals surface area contributed by atoms with Crippen molar-refractivity contribution in [2.45, 2.75) is 19.0 Å². The number of sulfonamides is 1. The van der Waals surface area contributed by atoms with Crippen molar-refractivity contribution in [2.24, 2.45) is 0 Å². The van der Waals surface area contributed by atoms with E-state index in [2.05, 4.69) is 19.9 Å². The first-order chi connectivity index (χ1) is 17.3.